The van der Waals surface area contributed by atoms with Crippen molar-refractivity contribution in [1.29, 1.82) is 0 Å². The summed E-state index contributed by atoms with van der Waals surface area (Å²) in [6, 6.07) is 19.0. The largest absolute Gasteiger partial charge is 0.497 e. The van der Waals surface area contributed by atoms with E-state index in [0.717, 1.165) is 28.6 Å². The van der Waals surface area contributed by atoms with E-state index in [1.165, 1.54) is 0 Å². The van der Waals surface area contributed by atoms with Gasteiger partial charge in [0.2, 0.25) is 0 Å². The summed E-state index contributed by atoms with van der Waals surface area (Å²) in [6.45, 7) is 0. The zero-order chi connectivity index (χ0) is 13.8. The summed E-state index contributed by atoms with van der Waals surface area (Å²) in [6.07, 6.45) is 1.65. The van der Waals surface area contributed by atoms with Gasteiger partial charge in [0.25, 0.3) is 0 Å². The SMILES string of the molecule is COc1ccc(Oc2ccccc2-c2ccco2)cc1. The zero-order valence-electron chi connectivity index (χ0n) is 11.1. The van der Waals surface area contributed by atoms with Gasteiger partial charge in [-0.1, -0.05) is 12.1 Å². The molecule has 0 unspecified atom stereocenters. The number of hydrogen-bond donors (Lipinski definition) is 0. The van der Waals surface area contributed by atoms with Crippen molar-refractivity contribution in [3.05, 3.63) is 66.9 Å². The lowest BCUT2D eigenvalue weighted by molar-refractivity contribution is 0.413. The first-order chi connectivity index (χ1) is 9.86. The van der Waals surface area contributed by atoms with E-state index in [-0.39, 0.29) is 0 Å². The molecule has 3 nitrogen and oxygen atoms in total. The van der Waals surface area contributed by atoms with Gasteiger partial charge in [-0.25, -0.2) is 0 Å². The average Bonchev–Trinajstić information content (AvgIpc) is 3.03. The fourth-order valence-electron chi connectivity index (χ4n) is 1.96. The van der Waals surface area contributed by atoms with Crippen molar-refractivity contribution in [3.8, 4) is 28.6 Å². The van der Waals surface area contributed by atoms with Crippen LogP contribution in [0.3, 0.4) is 0 Å². The molecule has 20 heavy (non-hydrogen) atoms. The number of methoxy groups -OCH3 is 1. The highest BCUT2D eigenvalue weighted by molar-refractivity contribution is 5.66. The van der Waals surface area contributed by atoms with Gasteiger partial charge in [-0.05, 0) is 48.5 Å². The molecule has 0 aliphatic heterocycles. The first-order valence-electron chi connectivity index (χ1n) is 6.31. The van der Waals surface area contributed by atoms with Crippen LogP contribution in [-0.4, -0.2) is 7.11 Å². The van der Waals surface area contributed by atoms with Crippen LogP contribution in [0.15, 0.2) is 71.3 Å². The molecule has 3 heteroatoms. The van der Waals surface area contributed by atoms with Crippen molar-refractivity contribution in [1.82, 2.24) is 0 Å². The van der Waals surface area contributed by atoms with E-state index in [2.05, 4.69) is 0 Å². The Morgan fingerprint density at radius 2 is 1.55 bits per heavy atom. The fraction of sp³-hybridized carbons (Fsp3) is 0.0588. The van der Waals surface area contributed by atoms with E-state index >= 15 is 0 Å². The molecule has 0 radical (unpaired) electrons. The average molecular weight is 266 g/mol. The van der Waals surface area contributed by atoms with Crippen molar-refractivity contribution in [2.45, 2.75) is 0 Å². The summed E-state index contributed by atoms with van der Waals surface area (Å²) >= 11 is 0. The Hall–Kier alpha value is -2.68. The van der Waals surface area contributed by atoms with Gasteiger partial charge in [0.05, 0.1) is 18.9 Å². The molecule has 0 fully saturated rings. The van der Waals surface area contributed by atoms with Crippen molar-refractivity contribution in [2.24, 2.45) is 0 Å². The molecule has 1 aromatic heterocycles. The minimum absolute atomic E-state index is 0.754. The van der Waals surface area contributed by atoms with Crippen LogP contribution in [0.1, 0.15) is 0 Å². The maximum atomic E-state index is 5.92. The van der Waals surface area contributed by atoms with E-state index in [1.54, 1.807) is 13.4 Å². The van der Waals surface area contributed by atoms with E-state index in [9.17, 15) is 0 Å². The van der Waals surface area contributed by atoms with Gasteiger partial charge < -0.3 is 13.9 Å². The topological polar surface area (TPSA) is 31.6 Å². The highest BCUT2D eigenvalue weighted by Gasteiger charge is 2.09. The molecule has 100 valence electrons. The zero-order valence-corrected chi connectivity index (χ0v) is 11.1. The number of ether oxygens (including phenoxy) is 2. The third-order valence-electron chi connectivity index (χ3n) is 2.96. The third-order valence-corrected chi connectivity index (χ3v) is 2.96. The van der Waals surface area contributed by atoms with Crippen molar-refractivity contribution in [2.75, 3.05) is 7.11 Å². The Labute approximate surface area is 117 Å². The molecule has 0 atom stereocenters. The van der Waals surface area contributed by atoms with Gasteiger partial charge in [-0.15, -0.1) is 0 Å². The summed E-state index contributed by atoms with van der Waals surface area (Å²) in [5, 5.41) is 0. The summed E-state index contributed by atoms with van der Waals surface area (Å²) in [4.78, 5) is 0. The molecule has 0 amide bonds. The van der Waals surface area contributed by atoms with Gasteiger partial charge in [-0.2, -0.15) is 0 Å². The van der Waals surface area contributed by atoms with Crippen LogP contribution in [0.2, 0.25) is 0 Å². The summed E-state index contributed by atoms with van der Waals surface area (Å²) in [7, 11) is 1.64. The van der Waals surface area contributed by atoms with E-state index in [1.807, 2.05) is 60.7 Å². The predicted molar refractivity (Wildman–Crippen MR) is 77.2 cm³/mol. The van der Waals surface area contributed by atoms with Crippen LogP contribution in [0.4, 0.5) is 0 Å². The number of para-hydroxylation sites is 1. The second kappa shape index (κ2) is 5.53. The minimum atomic E-state index is 0.754. The summed E-state index contributed by atoms with van der Waals surface area (Å²) < 4.78 is 16.5. The Morgan fingerprint density at radius 1 is 0.800 bits per heavy atom. The molecule has 0 aliphatic carbocycles. The van der Waals surface area contributed by atoms with Crippen molar-refractivity contribution in [3.63, 3.8) is 0 Å². The smallest absolute Gasteiger partial charge is 0.138 e. The lowest BCUT2D eigenvalue weighted by Gasteiger charge is -2.10. The molecule has 0 spiro atoms. The predicted octanol–water partition coefficient (Wildman–Crippen LogP) is 4.75. The van der Waals surface area contributed by atoms with Crippen LogP contribution in [0.5, 0.6) is 17.2 Å². The lowest BCUT2D eigenvalue weighted by atomic mass is 10.1. The minimum Gasteiger partial charge on any atom is -0.497 e. The molecule has 1 heterocycles. The molecular weight excluding hydrogens is 252 g/mol. The molecular formula is C17H14O3. The Kier molecular flexibility index (Phi) is 3.42. The standard InChI is InChI=1S/C17H14O3/c1-18-13-8-10-14(11-9-13)20-17-6-3-2-5-15(17)16-7-4-12-19-16/h2-12H,1H3. The Balaban J connectivity index is 1.90. The van der Waals surface area contributed by atoms with Crippen LogP contribution < -0.4 is 9.47 Å². The highest BCUT2D eigenvalue weighted by Crippen LogP contribution is 2.33. The second-order valence-electron chi connectivity index (χ2n) is 4.25. The lowest BCUT2D eigenvalue weighted by Crippen LogP contribution is -1.88. The maximum absolute atomic E-state index is 5.92. The first kappa shape index (κ1) is 12.4. The van der Waals surface area contributed by atoms with Crippen molar-refractivity contribution < 1.29 is 13.9 Å². The third kappa shape index (κ3) is 2.52. The van der Waals surface area contributed by atoms with E-state index in [0.29, 0.717) is 0 Å². The molecule has 3 rings (SSSR count). The second-order valence-corrected chi connectivity index (χ2v) is 4.25. The van der Waals surface area contributed by atoms with Gasteiger partial charge >= 0.3 is 0 Å². The molecule has 0 saturated carbocycles. The van der Waals surface area contributed by atoms with Gasteiger partial charge in [-0.3, -0.25) is 0 Å². The van der Waals surface area contributed by atoms with E-state index in [4.69, 9.17) is 13.9 Å². The van der Waals surface area contributed by atoms with Crippen LogP contribution in [0, 0.1) is 0 Å². The fourth-order valence-corrected chi connectivity index (χ4v) is 1.96. The molecule has 0 saturated heterocycles. The highest BCUT2D eigenvalue weighted by atomic mass is 16.5. The van der Waals surface area contributed by atoms with Crippen LogP contribution in [0.25, 0.3) is 11.3 Å². The number of furan rings is 1. The first-order valence-corrected chi connectivity index (χ1v) is 6.31. The van der Waals surface area contributed by atoms with Gasteiger partial charge in [0, 0.05) is 0 Å². The van der Waals surface area contributed by atoms with Crippen LogP contribution in [-0.2, 0) is 0 Å². The molecule has 0 bridgehead atoms. The Morgan fingerprint density at radius 3 is 2.25 bits per heavy atom. The van der Waals surface area contributed by atoms with Crippen LogP contribution >= 0.6 is 0 Å². The maximum Gasteiger partial charge on any atom is 0.138 e. The van der Waals surface area contributed by atoms with Crippen molar-refractivity contribution >= 4 is 0 Å². The summed E-state index contributed by atoms with van der Waals surface area (Å²) in [5.41, 5.74) is 0.924. The normalized spacial score (nSPS) is 10.2. The summed E-state index contributed by atoms with van der Waals surface area (Å²) in [5.74, 6) is 3.10. The quantitative estimate of drug-likeness (QED) is 0.683. The van der Waals surface area contributed by atoms with Gasteiger partial charge in [0.15, 0.2) is 0 Å². The molecule has 2 aromatic carbocycles. The Bertz CT molecular complexity index is 670. The monoisotopic (exact) mass is 266 g/mol. The number of rotatable bonds is 4. The molecule has 0 aliphatic rings. The molecule has 3 aromatic rings. The number of hydrogen-bond acceptors (Lipinski definition) is 3. The number of benzene rings is 2. The molecule has 0 N–H and O–H groups in total. The van der Waals surface area contributed by atoms with Gasteiger partial charge in [0.1, 0.15) is 23.0 Å². The van der Waals surface area contributed by atoms with E-state index < -0.39 is 0 Å².